The predicted octanol–water partition coefficient (Wildman–Crippen LogP) is 3.22. The summed E-state index contributed by atoms with van der Waals surface area (Å²) in [6.45, 7) is 4.36. The molecule has 0 aliphatic heterocycles. The standard InChI is InChI=1S/C24H20O7S/c1-12-8-15(10-18(14(3)25)22(12)26)21(17-6-4-5-7-20(17)32(30)31)16-9-13(2)23(27)19(11-16)24(28)29/h4-11,26,32H,1-3H3,(H,28,29)/b21-16+. The third-order valence-electron chi connectivity index (χ3n) is 5.13. The van der Waals surface area contributed by atoms with Gasteiger partial charge >= 0.3 is 5.97 Å². The van der Waals surface area contributed by atoms with Crippen molar-refractivity contribution in [2.75, 3.05) is 0 Å². The molecule has 0 heterocycles. The lowest BCUT2D eigenvalue weighted by atomic mass is 9.85. The number of thiol groups is 1. The quantitative estimate of drug-likeness (QED) is 0.361. The number of rotatable bonds is 5. The number of aryl methyl sites for hydroxylation is 1. The zero-order chi connectivity index (χ0) is 23.7. The number of hydrogen-bond donors (Lipinski definition) is 3. The van der Waals surface area contributed by atoms with Crippen LogP contribution in [0.25, 0.3) is 5.57 Å². The summed E-state index contributed by atoms with van der Waals surface area (Å²) >= 11 is 0. The molecule has 0 radical (unpaired) electrons. The van der Waals surface area contributed by atoms with Crippen molar-refractivity contribution in [3.63, 3.8) is 0 Å². The molecule has 0 spiro atoms. The molecule has 0 aromatic heterocycles. The minimum absolute atomic E-state index is 0.00617. The lowest BCUT2D eigenvalue weighted by Crippen LogP contribution is -2.17. The van der Waals surface area contributed by atoms with E-state index in [4.69, 9.17) is 0 Å². The van der Waals surface area contributed by atoms with E-state index in [1.165, 1.54) is 38.1 Å². The van der Waals surface area contributed by atoms with Gasteiger partial charge in [-0.25, -0.2) is 13.2 Å². The highest BCUT2D eigenvalue weighted by atomic mass is 32.2. The highest BCUT2D eigenvalue weighted by molar-refractivity contribution is 7.72. The first-order valence-corrected chi connectivity index (χ1v) is 10.7. The van der Waals surface area contributed by atoms with E-state index in [-0.39, 0.29) is 27.3 Å². The molecular weight excluding hydrogens is 432 g/mol. The number of carboxylic acids is 1. The lowest BCUT2D eigenvalue weighted by Gasteiger charge is -2.19. The maximum absolute atomic E-state index is 12.3. The minimum atomic E-state index is -3.01. The van der Waals surface area contributed by atoms with E-state index in [0.29, 0.717) is 22.3 Å². The first-order chi connectivity index (χ1) is 15.0. The Labute approximate surface area is 186 Å². The van der Waals surface area contributed by atoms with E-state index < -0.39 is 33.8 Å². The number of ketones is 2. The number of aromatic hydroxyl groups is 1. The molecule has 2 aromatic rings. The number of aliphatic carboxylic acids is 1. The molecule has 1 aliphatic rings. The van der Waals surface area contributed by atoms with Crippen LogP contribution >= 0.6 is 0 Å². The van der Waals surface area contributed by atoms with Crippen molar-refractivity contribution in [3.05, 3.63) is 87.5 Å². The van der Waals surface area contributed by atoms with Crippen LogP contribution in [-0.2, 0) is 20.3 Å². The maximum atomic E-state index is 12.3. The molecule has 0 unspecified atom stereocenters. The molecule has 0 atom stereocenters. The number of allylic oxidation sites excluding steroid dienone is 4. The fraction of sp³-hybridized carbons (Fsp3) is 0.125. The van der Waals surface area contributed by atoms with Crippen LogP contribution in [-0.4, -0.2) is 36.2 Å². The predicted molar refractivity (Wildman–Crippen MR) is 118 cm³/mol. The van der Waals surface area contributed by atoms with Gasteiger partial charge in [0.2, 0.25) is 0 Å². The summed E-state index contributed by atoms with van der Waals surface area (Å²) in [7, 11) is -3.01. The van der Waals surface area contributed by atoms with Crippen LogP contribution in [0.4, 0.5) is 0 Å². The van der Waals surface area contributed by atoms with E-state index in [2.05, 4.69) is 0 Å². The molecule has 0 amide bonds. The summed E-state index contributed by atoms with van der Waals surface area (Å²) in [5.41, 5.74) is 1.41. The number of Topliss-reactive ketones (excluding diaryl/α,β-unsaturated/α-hetero) is 2. The normalized spacial score (nSPS) is 15.3. The number of phenolic OH excluding ortho intramolecular Hbond substituents is 1. The van der Waals surface area contributed by atoms with Crippen LogP contribution in [0.1, 0.15) is 40.9 Å². The number of carbonyl (C=O) groups excluding carboxylic acids is 2. The number of carboxylic acid groups (broad SMARTS) is 1. The molecular formula is C24H20O7S. The third kappa shape index (κ3) is 4.17. The Hall–Kier alpha value is -3.78. The van der Waals surface area contributed by atoms with E-state index in [1.54, 1.807) is 31.2 Å². The largest absolute Gasteiger partial charge is 0.507 e. The van der Waals surface area contributed by atoms with Gasteiger partial charge in [-0.1, -0.05) is 18.2 Å². The number of hydrogen-bond acceptors (Lipinski definition) is 6. The van der Waals surface area contributed by atoms with Crippen LogP contribution in [0.15, 0.2) is 70.2 Å². The van der Waals surface area contributed by atoms with Crippen LogP contribution < -0.4 is 0 Å². The van der Waals surface area contributed by atoms with Crippen molar-refractivity contribution in [1.29, 1.82) is 0 Å². The molecule has 0 saturated carbocycles. The van der Waals surface area contributed by atoms with Crippen molar-refractivity contribution in [1.82, 2.24) is 0 Å². The Balaban J connectivity index is 2.51. The van der Waals surface area contributed by atoms with Gasteiger partial charge < -0.3 is 10.2 Å². The van der Waals surface area contributed by atoms with Gasteiger partial charge in [-0.2, -0.15) is 0 Å². The summed E-state index contributed by atoms with van der Waals surface area (Å²) in [4.78, 5) is 36.1. The molecule has 164 valence electrons. The minimum Gasteiger partial charge on any atom is -0.507 e. The topological polar surface area (TPSA) is 126 Å². The zero-order valence-electron chi connectivity index (χ0n) is 17.5. The van der Waals surface area contributed by atoms with Crippen LogP contribution in [0, 0.1) is 6.92 Å². The molecule has 7 nitrogen and oxygen atoms in total. The highest BCUT2D eigenvalue weighted by Gasteiger charge is 2.26. The zero-order valence-corrected chi connectivity index (χ0v) is 18.4. The SMILES string of the molecule is CC(=O)c1cc(/C(=C2/C=C(C)C(=O)C(C(=O)O)=C2)c2ccccc2[SH](=O)=O)cc(C)c1O. The molecule has 8 heteroatoms. The van der Waals surface area contributed by atoms with Crippen molar-refractivity contribution in [3.8, 4) is 5.75 Å². The van der Waals surface area contributed by atoms with Crippen molar-refractivity contribution in [2.24, 2.45) is 0 Å². The van der Waals surface area contributed by atoms with E-state index in [0.717, 1.165) is 0 Å². The van der Waals surface area contributed by atoms with E-state index in [1.807, 2.05) is 0 Å². The van der Waals surface area contributed by atoms with E-state index in [9.17, 15) is 33.0 Å². The lowest BCUT2D eigenvalue weighted by molar-refractivity contribution is -0.134. The monoisotopic (exact) mass is 452 g/mol. The summed E-state index contributed by atoms with van der Waals surface area (Å²) in [6.07, 6.45) is 2.67. The molecule has 2 N–H and O–H groups in total. The summed E-state index contributed by atoms with van der Waals surface area (Å²) < 4.78 is 23.9. The van der Waals surface area contributed by atoms with Gasteiger partial charge in [-0.15, -0.1) is 0 Å². The van der Waals surface area contributed by atoms with Crippen LogP contribution in [0.3, 0.4) is 0 Å². The van der Waals surface area contributed by atoms with Gasteiger partial charge in [0.25, 0.3) is 0 Å². The summed E-state index contributed by atoms with van der Waals surface area (Å²) in [5.74, 6) is -2.64. The van der Waals surface area contributed by atoms with Gasteiger partial charge in [0.05, 0.1) is 10.5 Å². The molecule has 0 fully saturated rings. The molecule has 1 aliphatic carbocycles. The second-order valence-electron chi connectivity index (χ2n) is 7.37. The van der Waals surface area contributed by atoms with Crippen molar-refractivity contribution in [2.45, 2.75) is 25.7 Å². The van der Waals surface area contributed by atoms with Gasteiger partial charge in [-0.05, 0) is 79.0 Å². The Morgan fingerprint density at radius 1 is 0.969 bits per heavy atom. The molecule has 0 bridgehead atoms. The van der Waals surface area contributed by atoms with E-state index >= 15 is 0 Å². The molecule has 32 heavy (non-hydrogen) atoms. The molecule has 2 aromatic carbocycles. The van der Waals surface area contributed by atoms with Gasteiger partial charge in [-0.3, -0.25) is 9.59 Å². The number of carbonyl (C=O) groups is 3. The van der Waals surface area contributed by atoms with Gasteiger partial charge in [0, 0.05) is 5.56 Å². The van der Waals surface area contributed by atoms with Crippen molar-refractivity contribution >= 4 is 33.8 Å². The first-order valence-electron chi connectivity index (χ1n) is 9.54. The Bertz CT molecular complexity index is 1350. The average molecular weight is 452 g/mol. The first kappa shape index (κ1) is 22.9. The maximum Gasteiger partial charge on any atom is 0.339 e. The Morgan fingerprint density at radius 3 is 2.22 bits per heavy atom. The molecule has 3 rings (SSSR count). The smallest absolute Gasteiger partial charge is 0.339 e. The van der Waals surface area contributed by atoms with Gasteiger partial charge in [0.1, 0.15) is 11.3 Å². The van der Waals surface area contributed by atoms with Crippen LogP contribution in [0.5, 0.6) is 5.75 Å². The Morgan fingerprint density at radius 2 is 1.62 bits per heavy atom. The summed E-state index contributed by atoms with van der Waals surface area (Å²) in [5, 5.41) is 19.8. The Kier molecular flexibility index (Phi) is 6.27. The van der Waals surface area contributed by atoms with Crippen LogP contribution in [0.2, 0.25) is 0 Å². The number of phenols is 1. The fourth-order valence-electron chi connectivity index (χ4n) is 3.59. The van der Waals surface area contributed by atoms with Gasteiger partial charge in [0.15, 0.2) is 22.3 Å². The second kappa shape index (κ2) is 8.76. The number of benzene rings is 2. The third-order valence-corrected chi connectivity index (χ3v) is 5.92. The molecule has 0 saturated heterocycles. The highest BCUT2D eigenvalue weighted by Crippen LogP contribution is 2.37. The van der Waals surface area contributed by atoms with Crippen molar-refractivity contribution < 1.29 is 33.0 Å². The average Bonchev–Trinajstić information content (AvgIpc) is 2.72. The second-order valence-corrected chi connectivity index (χ2v) is 8.37. The summed E-state index contributed by atoms with van der Waals surface area (Å²) in [6, 6.07) is 9.16. The fourth-order valence-corrected chi connectivity index (χ4v) is 4.18.